The topological polar surface area (TPSA) is 42.0 Å². The Morgan fingerprint density at radius 2 is 1.67 bits per heavy atom. The molecule has 3 nitrogen and oxygen atoms in total. The zero-order chi connectivity index (χ0) is 23.3. The van der Waals surface area contributed by atoms with Crippen molar-refractivity contribution in [3.63, 3.8) is 0 Å². The van der Waals surface area contributed by atoms with Crippen molar-refractivity contribution in [1.29, 1.82) is 0 Å². The average Bonchev–Trinajstić information content (AvgIpc) is 3.55. The van der Waals surface area contributed by atoms with Gasteiger partial charge in [0.2, 0.25) is 5.91 Å². The van der Waals surface area contributed by atoms with Gasteiger partial charge in [0.1, 0.15) is 11.6 Å². The van der Waals surface area contributed by atoms with Gasteiger partial charge in [-0.2, -0.15) is 0 Å². The van der Waals surface area contributed by atoms with Crippen molar-refractivity contribution >= 4 is 5.91 Å². The highest BCUT2D eigenvalue weighted by atomic mass is 19.1. The number of unbranched alkanes of at least 4 members (excludes halogenated alkanes) is 1. The number of nitrogens with one attached hydrogen (secondary N) is 1. The third-order valence-electron chi connectivity index (χ3n) is 6.50. The molecule has 3 aromatic rings. The zero-order valence-electron chi connectivity index (χ0n) is 18.7. The number of carbonyl (C=O) groups excluding carboxylic acids is 1. The number of aromatic nitrogens is 1. The summed E-state index contributed by atoms with van der Waals surface area (Å²) in [6, 6.07) is 16.9. The molecule has 1 saturated carbocycles. The molecule has 0 spiro atoms. The Morgan fingerprint density at radius 3 is 2.27 bits per heavy atom. The van der Waals surface area contributed by atoms with Crippen molar-refractivity contribution in [3.05, 3.63) is 113 Å². The Balaban J connectivity index is 1.33. The zero-order valence-corrected chi connectivity index (χ0v) is 18.7. The highest BCUT2D eigenvalue weighted by Gasteiger charge is 2.55. The van der Waals surface area contributed by atoms with Crippen LogP contribution < -0.4 is 5.32 Å². The number of halogens is 2. The fraction of sp³-hybridized carbons (Fsp3) is 0.286. The summed E-state index contributed by atoms with van der Waals surface area (Å²) in [4.78, 5) is 16.6. The lowest BCUT2D eigenvalue weighted by Gasteiger charge is -2.18. The second-order valence-electron chi connectivity index (χ2n) is 8.65. The molecule has 1 atom stereocenters. The monoisotopic (exact) mass is 446 g/mol. The van der Waals surface area contributed by atoms with E-state index in [0.717, 1.165) is 42.5 Å². The second kappa shape index (κ2) is 10.1. The van der Waals surface area contributed by atoms with E-state index >= 15 is 0 Å². The normalized spacial score (nSPS) is 16.6. The van der Waals surface area contributed by atoms with E-state index in [1.165, 1.54) is 29.8 Å². The summed E-state index contributed by atoms with van der Waals surface area (Å²) >= 11 is 0. The van der Waals surface area contributed by atoms with Crippen LogP contribution in [0.4, 0.5) is 8.78 Å². The molecule has 1 fully saturated rings. The minimum atomic E-state index is -0.361. The summed E-state index contributed by atoms with van der Waals surface area (Å²) in [5.41, 5.74) is 3.88. The molecule has 33 heavy (non-hydrogen) atoms. The van der Waals surface area contributed by atoms with Crippen molar-refractivity contribution in [3.8, 4) is 0 Å². The summed E-state index contributed by atoms with van der Waals surface area (Å²) in [5.74, 6) is -0.614. The summed E-state index contributed by atoms with van der Waals surface area (Å²) in [6.07, 6.45) is 8.92. The molecule has 0 aliphatic heterocycles. The van der Waals surface area contributed by atoms with Gasteiger partial charge in [-0.25, -0.2) is 8.78 Å². The fourth-order valence-corrected chi connectivity index (χ4v) is 4.54. The van der Waals surface area contributed by atoms with Gasteiger partial charge in [0.15, 0.2) is 0 Å². The van der Waals surface area contributed by atoms with Gasteiger partial charge in [-0.15, -0.1) is 0 Å². The van der Waals surface area contributed by atoms with E-state index in [9.17, 15) is 13.6 Å². The molecule has 0 bridgehead atoms. The van der Waals surface area contributed by atoms with Crippen molar-refractivity contribution < 1.29 is 13.6 Å². The molecular formula is C28H28F2N2O. The van der Waals surface area contributed by atoms with Crippen LogP contribution >= 0.6 is 0 Å². The molecule has 5 heteroatoms. The predicted octanol–water partition coefficient (Wildman–Crippen LogP) is 5.67. The number of benzene rings is 2. The molecule has 2 aromatic carbocycles. The maximum Gasteiger partial charge on any atom is 0.243 e. The molecule has 1 heterocycles. The Morgan fingerprint density at radius 1 is 1.03 bits per heavy atom. The quantitative estimate of drug-likeness (QED) is 0.340. The number of rotatable bonds is 9. The lowest BCUT2D eigenvalue weighted by Crippen LogP contribution is -2.22. The number of amides is 1. The van der Waals surface area contributed by atoms with Crippen molar-refractivity contribution in [2.75, 3.05) is 6.54 Å². The Hall–Kier alpha value is -3.34. The van der Waals surface area contributed by atoms with Crippen LogP contribution in [0.3, 0.4) is 0 Å². The van der Waals surface area contributed by atoms with E-state index < -0.39 is 0 Å². The lowest BCUT2D eigenvalue weighted by molar-refractivity contribution is -0.116. The maximum atomic E-state index is 13.5. The van der Waals surface area contributed by atoms with Gasteiger partial charge in [-0.3, -0.25) is 9.78 Å². The number of hydrogen-bond acceptors (Lipinski definition) is 2. The average molecular weight is 447 g/mol. The number of aryl methyl sites for hydroxylation is 2. The predicted molar refractivity (Wildman–Crippen MR) is 126 cm³/mol. The smallest absolute Gasteiger partial charge is 0.243 e. The third-order valence-corrected chi connectivity index (χ3v) is 6.50. The largest absolute Gasteiger partial charge is 0.353 e. The standard InChI is InChI=1S/C28H28F2N2O/c1-20-21(6-4-18-31-20)5-2-3-17-32-27(33)16-11-24-19-28(24,22-7-12-25(29)13-8-22)23-9-14-26(30)15-10-23/h4,6-16,18,24H,2-3,5,17,19H2,1H3,(H,32,33)/b16-11+/t24-/m1/s1. The van der Waals surface area contributed by atoms with Crippen LogP contribution in [0, 0.1) is 24.5 Å². The van der Waals surface area contributed by atoms with Gasteiger partial charge in [0, 0.05) is 23.9 Å². The summed E-state index contributed by atoms with van der Waals surface area (Å²) in [5, 5.41) is 2.95. The van der Waals surface area contributed by atoms with Gasteiger partial charge in [0.25, 0.3) is 0 Å². The SMILES string of the molecule is Cc1ncccc1CCCCNC(=O)/C=C/[C@@H]1CC1(c1ccc(F)cc1)c1ccc(F)cc1. The minimum Gasteiger partial charge on any atom is -0.353 e. The van der Waals surface area contributed by atoms with Gasteiger partial charge in [-0.1, -0.05) is 36.4 Å². The first-order valence-electron chi connectivity index (χ1n) is 11.4. The number of nitrogens with zero attached hydrogens (tertiary/aromatic N) is 1. The van der Waals surface area contributed by atoms with Crippen molar-refractivity contribution in [2.45, 2.75) is 38.0 Å². The third kappa shape index (κ3) is 5.36. The van der Waals surface area contributed by atoms with Crippen LogP contribution in [-0.2, 0) is 16.6 Å². The van der Waals surface area contributed by atoms with Crippen LogP contribution in [-0.4, -0.2) is 17.4 Å². The number of pyridine rings is 1. The van der Waals surface area contributed by atoms with E-state index in [1.807, 2.05) is 19.1 Å². The molecule has 170 valence electrons. The minimum absolute atomic E-state index is 0.0905. The van der Waals surface area contributed by atoms with E-state index in [2.05, 4.69) is 16.4 Å². The van der Waals surface area contributed by atoms with Gasteiger partial charge < -0.3 is 5.32 Å². The second-order valence-corrected chi connectivity index (χ2v) is 8.65. The van der Waals surface area contributed by atoms with Crippen LogP contribution in [0.5, 0.6) is 0 Å². The van der Waals surface area contributed by atoms with E-state index in [-0.39, 0.29) is 28.9 Å². The lowest BCUT2D eigenvalue weighted by atomic mass is 9.85. The molecule has 1 N–H and O–H groups in total. The molecule has 4 rings (SSSR count). The van der Waals surface area contributed by atoms with Crippen LogP contribution in [0.2, 0.25) is 0 Å². The molecule has 1 amide bonds. The van der Waals surface area contributed by atoms with Gasteiger partial charge in [-0.05, 0) is 91.6 Å². The highest BCUT2D eigenvalue weighted by Crippen LogP contribution is 2.59. The summed E-state index contributed by atoms with van der Waals surface area (Å²) in [7, 11) is 0. The fourth-order valence-electron chi connectivity index (χ4n) is 4.54. The Kier molecular flexibility index (Phi) is 6.97. The van der Waals surface area contributed by atoms with E-state index in [1.54, 1.807) is 36.5 Å². The maximum absolute atomic E-state index is 13.5. The van der Waals surface area contributed by atoms with Crippen molar-refractivity contribution in [2.24, 2.45) is 5.92 Å². The van der Waals surface area contributed by atoms with Crippen molar-refractivity contribution in [1.82, 2.24) is 10.3 Å². The Bertz CT molecular complexity index is 1080. The highest BCUT2D eigenvalue weighted by molar-refractivity contribution is 5.87. The van der Waals surface area contributed by atoms with E-state index in [4.69, 9.17) is 0 Å². The first-order chi connectivity index (χ1) is 16.0. The van der Waals surface area contributed by atoms with Crippen LogP contribution in [0.25, 0.3) is 0 Å². The summed E-state index contributed by atoms with van der Waals surface area (Å²) < 4.78 is 26.9. The molecule has 1 aliphatic carbocycles. The molecule has 0 saturated heterocycles. The molecule has 0 unspecified atom stereocenters. The molecule has 0 radical (unpaired) electrons. The molecule has 1 aromatic heterocycles. The first-order valence-corrected chi connectivity index (χ1v) is 11.4. The number of allylic oxidation sites excluding steroid dienone is 1. The van der Waals surface area contributed by atoms with E-state index in [0.29, 0.717) is 6.54 Å². The van der Waals surface area contributed by atoms with Gasteiger partial charge >= 0.3 is 0 Å². The Labute approximate surface area is 193 Å². The molecule has 1 aliphatic rings. The first kappa shape index (κ1) is 22.8. The van der Waals surface area contributed by atoms with Crippen LogP contribution in [0.15, 0.2) is 79.0 Å². The van der Waals surface area contributed by atoms with Gasteiger partial charge in [0.05, 0.1) is 0 Å². The number of hydrogen-bond donors (Lipinski definition) is 1. The van der Waals surface area contributed by atoms with Crippen LogP contribution in [0.1, 0.15) is 41.6 Å². The summed E-state index contributed by atoms with van der Waals surface area (Å²) in [6.45, 7) is 2.63. The number of carbonyl (C=O) groups is 1. The molecular weight excluding hydrogens is 418 g/mol.